The van der Waals surface area contributed by atoms with E-state index in [4.69, 9.17) is 4.98 Å². The molecule has 0 aliphatic carbocycles. The molecule has 1 amide bonds. The van der Waals surface area contributed by atoms with Crippen LogP contribution in [0.15, 0.2) is 28.0 Å². The molecule has 0 unspecified atom stereocenters. The van der Waals surface area contributed by atoms with Crippen LogP contribution in [-0.4, -0.2) is 60.7 Å². The number of aryl methyl sites for hydroxylation is 3. The van der Waals surface area contributed by atoms with Crippen LogP contribution in [0.5, 0.6) is 0 Å². The van der Waals surface area contributed by atoms with Gasteiger partial charge in [-0.2, -0.15) is 0 Å². The Balaban J connectivity index is 1.74. The maximum absolute atomic E-state index is 13.7. The van der Waals surface area contributed by atoms with Crippen molar-refractivity contribution in [2.24, 2.45) is 14.1 Å². The molecule has 0 saturated heterocycles. The van der Waals surface area contributed by atoms with E-state index in [-0.39, 0.29) is 23.6 Å². The lowest BCUT2D eigenvalue weighted by molar-refractivity contribution is -0.119. The number of thiazole rings is 1. The Bertz CT molecular complexity index is 1520. The Morgan fingerprint density at radius 3 is 2.46 bits per heavy atom. The molecular formula is C24H31N7O3S. The van der Waals surface area contributed by atoms with E-state index in [0.717, 1.165) is 39.0 Å². The molecule has 35 heavy (non-hydrogen) atoms. The minimum Gasteiger partial charge on any atom is -0.315 e. The first-order valence-electron chi connectivity index (χ1n) is 11.7. The third-order valence-corrected chi connectivity index (χ3v) is 7.63. The summed E-state index contributed by atoms with van der Waals surface area (Å²) in [5, 5.41) is 0.635. The predicted octanol–water partition coefficient (Wildman–Crippen LogP) is 2.04. The topological polar surface area (TPSA) is 98.3 Å². The Morgan fingerprint density at radius 1 is 1.06 bits per heavy atom. The largest absolute Gasteiger partial charge is 0.332 e. The number of imidazole rings is 1. The number of fused-ring (bicyclic) bond motifs is 2. The molecule has 0 N–H and O–H groups in total. The van der Waals surface area contributed by atoms with Crippen molar-refractivity contribution in [2.75, 3.05) is 31.1 Å². The SMILES string of the molecule is CCN(CC)CCN(C(=O)Cn1cnc2c1c(=O)n(C)c(=O)n2C)c1nc2cc(C)cc(C)c2s1. The lowest BCUT2D eigenvalue weighted by Gasteiger charge is -2.25. The van der Waals surface area contributed by atoms with Gasteiger partial charge in [-0.1, -0.05) is 31.3 Å². The quantitative estimate of drug-likeness (QED) is 0.370. The molecule has 0 aliphatic heterocycles. The van der Waals surface area contributed by atoms with E-state index in [1.165, 1.54) is 33.8 Å². The predicted molar refractivity (Wildman–Crippen MR) is 139 cm³/mol. The van der Waals surface area contributed by atoms with Gasteiger partial charge in [-0.3, -0.25) is 23.6 Å². The Hall–Kier alpha value is -3.31. The molecule has 0 saturated carbocycles. The molecule has 186 valence electrons. The molecule has 0 aliphatic rings. The van der Waals surface area contributed by atoms with Gasteiger partial charge < -0.3 is 9.47 Å². The standard InChI is InChI=1S/C24H31N7O3S/c1-7-29(8-2)9-10-31(23-26-17-12-15(3)11-16(4)20(17)35-23)18(32)13-30-14-25-21-19(30)22(33)28(6)24(34)27(21)5/h11-12,14H,7-10,13H2,1-6H3. The van der Waals surface area contributed by atoms with Gasteiger partial charge in [0.1, 0.15) is 6.54 Å². The number of anilines is 1. The van der Waals surface area contributed by atoms with Crippen molar-refractivity contribution in [3.05, 3.63) is 50.4 Å². The van der Waals surface area contributed by atoms with Gasteiger partial charge in [0.05, 0.1) is 16.5 Å². The number of carbonyl (C=O) groups excluding carboxylic acids is 1. The normalized spacial score (nSPS) is 11.7. The first-order chi connectivity index (χ1) is 16.7. The highest BCUT2D eigenvalue weighted by molar-refractivity contribution is 7.22. The number of amides is 1. The van der Waals surface area contributed by atoms with E-state index in [1.807, 2.05) is 13.0 Å². The second-order valence-electron chi connectivity index (χ2n) is 8.75. The molecule has 0 bridgehead atoms. The monoisotopic (exact) mass is 497 g/mol. The summed E-state index contributed by atoms with van der Waals surface area (Å²) in [4.78, 5) is 51.8. The number of benzene rings is 1. The van der Waals surface area contributed by atoms with Crippen LogP contribution in [0.2, 0.25) is 0 Å². The molecular weight excluding hydrogens is 466 g/mol. The van der Waals surface area contributed by atoms with E-state index >= 15 is 0 Å². The van der Waals surface area contributed by atoms with Gasteiger partial charge in [0.15, 0.2) is 16.3 Å². The number of carbonyl (C=O) groups is 1. The average molecular weight is 498 g/mol. The number of nitrogens with zero attached hydrogens (tertiary/aromatic N) is 7. The molecule has 0 radical (unpaired) electrons. The zero-order chi connectivity index (χ0) is 25.4. The summed E-state index contributed by atoms with van der Waals surface area (Å²) >= 11 is 1.50. The zero-order valence-corrected chi connectivity index (χ0v) is 21.8. The molecule has 3 aromatic heterocycles. The summed E-state index contributed by atoms with van der Waals surface area (Å²) in [6, 6.07) is 4.15. The fourth-order valence-electron chi connectivity index (χ4n) is 4.34. The van der Waals surface area contributed by atoms with Gasteiger partial charge in [0.25, 0.3) is 5.56 Å². The highest BCUT2D eigenvalue weighted by Crippen LogP contribution is 2.32. The highest BCUT2D eigenvalue weighted by atomic mass is 32.1. The van der Waals surface area contributed by atoms with E-state index < -0.39 is 11.2 Å². The molecule has 1 aromatic carbocycles. The Labute approximate surface area is 207 Å². The van der Waals surface area contributed by atoms with Gasteiger partial charge in [-0.05, 0) is 44.1 Å². The minimum atomic E-state index is -0.478. The molecule has 11 heteroatoms. The third-order valence-electron chi connectivity index (χ3n) is 6.40. The molecule has 0 spiro atoms. The molecule has 0 atom stereocenters. The number of aromatic nitrogens is 5. The van der Waals surface area contributed by atoms with Crippen LogP contribution in [-0.2, 0) is 25.4 Å². The van der Waals surface area contributed by atoms with Crippen LogP contribution in [0.25, 0.3) is 21.4 Å². The number of hydrogen-bond donors (Lipinski definition) is 0. The highest BCUT2D eigenvalue weighted by Gasteiger charge is 2.23. The lowest BCUT2D eigenvalue weighted by atomic mass is 10.1. The fourth-order valence-corrected chi connectivity index (χ4v) is 5.40. The van der Waals surface area contributed by atoms with Crippen molar-refractivity contribution in [3.8, 4) is 0 Å². The van der Waals surface area contributed by atoms with Crippen LogP contribution in [0, 0.1) is 13.8 Å². The van der Waals surface area contributed by atoms with Crippen molar-refractivity contribution in [1.82, 2.24) is 28.6 Å². The van der Waals surface area contributed by atoms with Crippen LogP contribution in [0.3, 0.4) is 0 Å². The van der Waals surface area contributed by atoms with Crippen LogP contribution >= 0.6 is 11.3 Å². The van der Waals surface area contributed by atoms with E-state index in [1.54, 1.807) is 11.9 Å². The van der Waals surface area contributed by atoms with Gasteiger partial charge in [0, 0.05) is 27.2 Å². The van der Waals surface area contributed by atoms with E-state index in [0.29, 0.717) is 18.2 Å². The Morgan fingerprint density at radius 2 is 1.77 bits per heavy atom. The van der Waals surface area contributed by atoms with E-state index in [9.17, 15) is 14.4 Å². The van der Waals surface area contributed by atoms with Crippen molar-refractivity contribution in [1.29, 1.82) is 0 Å². The van der Waals surface area contributed by atoms with Gasteiger partial charge in [-0.25, -0.2) is 14.8 Å². The lowest BCUT2D eigenvalue weighted by Crippen LogP contribution is -2.41. The Kier molecular flexibility index (Phi) is 6.91. The average Bonchev–Trinajstić information content (AvgIpc) is 3.43. The van der Waals surface area contributed by atoms with Crippen LogP contribution in [0.4, 0.5) is 5.13 Å². The second-order valence-corrected chi connectivity index (χ2v) is 9.73. The second kappa shape index (κ2) is 9.74. The number of likely N-dealkylation sites (N-methyl/N-ethyl adjacent to an activating group) is 1. The van der Waals surface area contributed by atoms with Gasteiger partial charge in [-0.15, -0.1) is 0 Å². The van der Waals surface area contributed by atoms with Gasteiger partial charge >= 0.3 is 5.69 Å². The molecule has 4 aromatic rings. The summed E-state index contributed by atoms with van der Waals surface area (Å²) in [5.74, 6) is -0.194. The molecule has 3 heterocycles. The van der Waals surface area contributed by atoms with E-state index in [2.05, 4.69) is 36.7 Å². The minimum absolute atomic E-state index is 0.0872. The smallest absolute Gasteiger partial charge is 0.315 e. The van der Waals surface area contributed by atoms with Crippen molar-refractivity contribution < 1.29 is 4.79 Å². The van der Waals surface area contributed by atoms with Gasteiger partial charge in [0.2, 0.25) is 5.91 Å². The zero-order valence-electron chi connectivity index (χ0n) is 21.0. The molecule has 4 rings (SSSR count). The summed E-state index contributed by atoms with van der Waals surface area (Å²) < 4.78 is 4.92. The number of rotatable bonds is 8. The molecule has 0 fully saturated rings. The maximum Gasteiger partial charge on any atom is 0.332 e. The summed E-state index contributed by atoms with van der Waals surface area (Å²) in [6.45, 7) is 11.1. The summed E-state index contributed by atoms with van der Waals surface area (Å²) in [7, 11) is 2.98. The number of hydrogen-bond acceptors (Lipinski definition) is 7. The van der Waals surface area contributed by atoms with Crippen molar-refractivity contribution >= 4 is 43.8 Å². The maximum atomic E-state index is 13.7. The first kappa shape index (κ1) is 24.8. The third kappa shape index (κ3) is 4.53. The van der Waals surface area contributed by atoms with Crippen molar-refractivity contribution in [3.63, 3.8) is 0 Å². The van der Waals surface area contributed by atoms with Crippen molar-refractivity contribution in [2.45, 2.75) is 34.2 Å². The summed E-state index contributed by atoms with van der Waals surface area (Å²) in [6.07, 6.45) is 1.44. The molecule has 10 nitrogen and oxygen atoms in total. The first-order valence-corrected chi connectivity index (χ1v) is 12.5. The van der Waals surface area contributed by atoms with Crippen LogP contribution < -0.4 is 16.1 Å². The summed E-state index contributed by atoms with van der Waals surface area (Å²) in [5.41, 5.74) is 2.67. The fraction of sp³-hybridized carbons (Fsp3) is 0.458. The van der Waals surface area contributed by atoms with Crippen LogP contribution in [0.1, 0.15) is 25.0 Å².